The maximum absolute atomic E-state index is 12.5. The summed E-state index contributed by atoms with van der Waals surface area (Å²) < 4.78 is 31.3. The summed E-state index contributed by atoms with van der Waals surface area (Å²) in [6.07, 6.45) is 1.66. The number of thiophene rings is 1. The number of carbonyl (C=O) groups excluding carboxylic acids is 3. The lowest BCUT2D eigenvalue weighted by atomic mass is 10.2. The van der Waals surface area contributed by atoms with Crippen LogP contribution in [-0.2, 0) is 19.6 Å². The Balaban J connectivity index is 1.57. The van der Waals surface area contributed by atoms with Crippen LogP contribution in [0.15, 0.2) is 40.6 Å². The number of hydrogen-bond donors (Lipinski definition) is 2. The molecule has 2 amide bonds. The largest absolute Gasteiger partial charge is 0.452 e. The van der Waals surface area contributed by atoms with Gasteiger partial charge in [0.2, 0.25) is 10.0 Å². The van der Waals surface area contributed by atoms with Crippen LogP contribution in [0.3, 0.4) is 0 Å². The second kappa shape index (κ2) is 8.72. The van der Waals surface area contributed by atoms with Crippen molar-refractivity contribution in [1.29, 1.82) is 0 Å². The number of amides is 2. The first-order chi connectivity index (χ1) is 13.8. The minimum absolute atomic E-state index is 0.102. The van der Waals surface area contributed by atoms with Crippen molar-refractivity contribution in [2.45, 2.75) is 17.7 Å². The predicted molar refractivity (Wildman–Crippen MR) is 106 cm³/mol. The molecule has 1 aromatic carbocycles. The molecule has 0 saturated carbocycles. The fourth-order valence-electron chi connectivity index (χ4n) is 2.82. The van der Waals surface area contributed by atoms with E-state index in [4.69, 9.17) is 10.5 Å². The fraction of sp³-hybridized carbons (Fsp3) is 0.278. The average molecular weight is 437 g/mol. The summed E-state index contributed by atoms with van der Waals surface area (Å²) in [6, 6.07) is 6.85. The molecular weight excluding hydrogens is 418 g/mol. The van der Waals surface area contributed by atoms with Crippen LogP contribution in [0.1, 0.15) is 33.6 Å². The van der Waals surface area contributed by atoms with E-state index in [2.05, 4.69) is 5.32 Å². The zero-order valence-electron chi connectivity index (χ0n) is 15.3. The van der Waals surface area contributed by atoms with Gasteiger partial charge in [-0.25, -0.2) is 13.2 Å². The Morgan fingerprint density at radius 2 is 1.76 bits per heavy atom. The molecule has 0 atom stereocenters. The molecule has 2 aromatic rings. The summed E-state index contributed by atoms with van der Waals surface area (Å²) in [5, 5.41) is 4.33. The van der Waals surface area contributed by atoms with Crippen molar-refractivity contribution < 1.29 is 27.5 Å². The number of anilines is 1. The van der Waals surface area contributed by atoms with E-state index in [1.165, 1.54) is 34.6 Å². The summed E-state index contributed by atoms with van der Waals surface area (Å²) in [5.41, 5.74) is 5.49. The topological polar surface area (TPSA) is 136 Å². The molecule has 2 heterocycles. The van der Waals surface area contributed by atoms with E-state index in [1.807, 2.05) is 0 Å². The van der Waals surface area contributed by atoms with Crippen LogP contribution >= 0.6 is 11.3 Å². The number of nitrogens with two attached hydrogens (primary N) is 1. The van der Waals surface area contributed by atoms with E-state index in [1.54, 1.807) is 5.38 Å². The lowest BCUT2D eigenvalue weighted by Gasteiger charge is -2.15. The van der Waals surface area contributed by atoms with E-state index in [9.17, 15) is 22.8 Å². The molecule has 29 heavy (non-hydrogen) atoms. The Morgan fingerprint density at radius 3 is 2.38 bits per heavy atom. The molecule has 0 radical (unpaired) electrons. The summed E-state index contributed by atoms with van der Waals surface area (Å²) in [5.74, 6) is -2.08. The summed E-state index contributed by atoms with van der Waals surface area (Å²) in [4.78, 5) is 35.4. The maximum atomic E-state index is 12.5. The van der Waals surface area contributed by atoms with E-state index in [-0.39, 0.29) is 21.0 Å². The van der Waals surface area contributed by atoms with Gasteiger partial charge in [-0.05, 0) is 48.6 Å². The summed E-state index contributed by atoms with van der Waals surface area (Å²) in [7, 11) is -3.57. The van der Waals surface area contributed by atoms with Gasteiger partial charge in [0.15, 0.2) is 6.61 Å². The molecule has 0 bridgehead atoms. The van der Waals surface area contributed by atoms with Crippen molar-refractivity contribution >= 4 is 44.1 Å². The highest BCUT2D eigenvalue weighted by molar-refractivity contribution is 7.89. The Morgan fingerprint density at radius 1 is 1.10 bits per heavy atom. The SMILES string of the molecule is NC(=O)c1ccsc1NC(=O)COC(=O)c1ccc(S(=O)(=O)N2CCCC2)cc1. The molecular formula is C18H19N3O6S2. The number of nitrogens with zero attached hydrogens (tertiary/aromatic N) is 1. The summed E-state index contributed by atoms with van der Waals surface area (Å²) >= 11 is 1.12. The number of ether oxygens (including phenoxy) is 1. The number of esters is 1. The Hall–Kier alpha value is -2.76. The highest BCUT2D eigenvalue weighted by atomic mass is 32.2. The monoisotopic (exact) mass is 437 g/mol. The van der Waals surface area contributed by atoms with Gasteiger partial charge in [-0.1, -0.05) is 0 Å². The Kier molecular flexibility index (Phi) is 6.30. The minimum atomic E-state index is -3.57. The van der Waals surface area contributed by atoms with Crippen LogP contribution in [0.5, 0.6) is 0 Å². The van der Waals surface area contributed by atoms with Crippen LogP contribution in [0.2, 0.25) is 0 Å². The molecule has 3 N–H and O–H groups in total. The first-order valence-electron chi connectivity index (χ1n) is 8.73. The van der Waals surface area contributed by atoms with Gasteiger partial charge >= 0.3 is 5.97 Å². The molecule has 1 aliphatic heterocycles. The third-order valence-electron chi connectivity index (χ3n) is 4.31. The van der Waals surface area contributed by atoms with Gasteiger partial charge in [-0.15, -0.1) is 11.3 Å². The van der Waals surface area contributed by atoms with Gasteiger partial charge in [0.05, 0.1) is 16.0 Å². The maximum Gasteiger partial charge on any atom is 0.338 e. The van der Waals surface area contributed by atoms with Gasteiger partial charge in [0, 0.05) is 13.1 Å². The van der Waals surface area contributed by atoms with Gasteiger partial charge < -0.3 is 15.8 Å². The van der Waals surface area contributed by atoms with E-state index >= 15 is 0 Å². The second-order valence-corrected chi connectivity index (χ2v) is 9.14. The highest BCUT2D eigenvalue weighted by Crippen LogP contribution is 2.23. The van der Waals surface area contributed by atoms with Crippen LogP contribution in [0, 0.1) is 0 Å². The van der Waals surface area contributed by atoms with Crippen molar-refractivity contribution in [2.75, 3.05) is 25.0 Å². The van der Waals surface area contributed by atoms with Gasteiger partial charge in [0.1, 0.15) is 5.00 Å². The van der Waals surface area contributed by atoms with Gasteiger partial charge in [-0.3, -0.25) is 9.59 Å². The van der Waals surface area contributed by atoms with E-state index in [0.717, 1.165) is 24.2 Å². The third-order valence-corrected chi connectivity index (χ3v) is 7.05. The summed E-state index contributed by atoms with van der Waals surface area (Å²) in [6.45, 7) is 0.411. The number of benzene rings is 1. The number of primary amides is 1. The Bertz CT molecular complexity index is 1020. The number of carbonyl (C=O) groups is 3. The fourth-order valence-corrected chi connectivity index (χ4v) is 5.14. The number of sulfonamides is 1. The van der Waals surface area contributed by atoms with Gasteiger partial charge in [-0.2, -0.15) is 4.31 Å². The highest BCUT2D eigenvalue weighted by Gasteiger charge is 2.27. The van der Waals surface area contributed by atoms with Crippen LogP contribution in [-0.4, -0.2) is 50.2 Å². The molecule has 0 unspecified atom stereocenters. The molecule has 1 saturated heterocycles. The Labute approximate surface area is 171 Å². The molecule has 9 nitrogen and oxygen atoms in total. The average Bonchev–Trinajstić information content (AvgIpc) is 3.38. The molecule has 11 heteroatoms. The smallest absolute Gasteiger partial charge is 0.338 e. The minimum Gasteiger partial charge on any atom is -0.452 e. The van der Waals surface area contributed by atoms with Crippen molar-refractivity contribution in [3.63, 3.8) is 0 Å². The number of hydrogen-bond acceptors (Lipinski definition) is 7. The predicted octanol–water partition coefficient (Wildman–Crippen LogP) is 1.43. The third kappa shape index (κ3) is 4.81. The molecule has 1 aliphatic rings. The zero-order chi connectivity index (χ0) is 21.0. The lowest BCUT2D eigenvalue weighted by molar-refractivity contribution is -0.119. The molecule has 1 fully saturated rings. The van der Waals surface area contributed by atoms with Crippen LogP contribution in [0.4, 0.5) is 5.00 Å². The van der Waals surface area contributed by atoms with E-state index in [0.29, 0.717) is 13.1 Å². The number of rotatable bonds is 7. The standard InChI is InChI=1S/C18H19N3O6S2/c19-16(23)14-7-10-28-17(14)20-15(22)11-27-18(24)12-3-5-13(6-4-12)29(25,26)21-8-1-2-9-21/h3-7,10H,1-2,8-9,11H2,(H2,19,23)(H,20,22). The first-order valence-corrected chi connectivity index (χ1v) is 11.1. The quantitative estimate of drug-likeness (QED) is 0.629. The van der Waals surface area contributed by atoms with Crippen molar-refractivity contribution in [3.05, 3.63) is 46.8 Å². The van der Waals surface area contributed by atoms with Crippen molar-refractivity contribution in [3.8, 4) is 0 Å². The molecule has 0 aliphatic carbocycles. The van der Waals surface area contributed by atoms with Crippen LogP contribution < -0.4 is 11.1 Å². The lowest BCUT2D eigenvalue weighted by Crippen LogP contribution is -2.27. The van der Waals surface area contributed by atoms with Gasteiger partial charge in [0.25, 0.3) is 11.8 Å². The second-order valence-electron chi connectivity index (χ2n) is 6.29. The van der Waals surface area contributed by atoms with Crippen molar-refractivity contribution in [2.24, 2.45) is 5.73 Å². The molecule has 0 spiro atoms. The number of nitrogens with one attached hydrogen (secondary N) is 1. The molecule has 154 valence electrons. The van der Waals surface area contributed by atoms with E-state index < -0.39 is 34.4 Å². The van der Waals surface area contributed by atoms with Crippen LogP contribution in [0.25, 0.3) is 0 Å². The first kappa shape index (κ1) is 21.0. The molecule has 1 aromatic heterocycles. The molecule has 3 rings (SSSR count). The zero-order valence-corrected chi connectivity index (χ0v) is 16.9. The van der Waals surface area contributed by atoms with Crippen molar-refractivity contribution in [1.82, 2.24) is 4.31 Å². The normalized spacial score (nSPS) is 14.5.